The van der Waals surface area contributed by atoms with E-state index >= 15 is 0 Å². The molecule has 2 N–H and O–H groups in total. The number of nitrogens with zero attached hydrogens (tertiary/aromatic N) is 2. The van der Waals surface area contributed by atoms with Crippen LogP contribution in [0.2, 0.25) is 0 Å². The highest BCUT2D eigenvalue weighted by Gasteiger charge is 2.09. The van der Waals surface area contributed by atoms with Gasteiger partial charge in [0.05, 0.1) is 7.11 Å². The van der Waals surface area contributed by atoms with E-state index in [1.54, 1.807) is 25.3 Å². The number of benzene rings is 1. The van der Waals surface area contributed by atoms with Gasteiger partial charge < -0.3 is 10.5 Å². The van der Waals surface area contributed by atoms with Gasteiger partial charge in [-0.15, -0.1) is 0 Å². The molecule has 1 heterocycles. The smallest absolute Gasteiger partial charge is 0.216 e. The zero-order chi connectivity index (χ0) is 13.0. The Kier molecular flexibility index (Phi) is 3.84. The molecule has 5 heteroatoms. The second-order valence-electron chi connectivity index (χ2n) is 3.91. The molecule has 0 aliphatic carbocycles. The predicted molar refractivity (Wildman–Crippen MR) is 65.6 cm³/mol. The third kappa shape index (κ3) is 3.01. The second kappa shape index (κ2) is 5.55. The van der Waals surface area contributed by atoms with Crippen LogP contribution in [0.1, 0.15) is 17.3 Å². The zero-order valence-corrected chi connectivity index (χ0v) is 10.0. The van der Waals surface area contributed by atoms with Gasteiger partial charge in [0, 0.05) is 24.2 Å². The molecule has 94 valence electrons. The normalized spacial score (nSPS) is 12.2. The number of hydrogen-bond donors (Lipinski definition) is 1. The molecule has 4 nitrogen and oxygen atoms in total. The molecule has 18 heavy (non-hydrogen) atoms. The first-order valence-corrected chi connectivity index (χ1v) is 5.55. The van der Waals surface area contributed by atoms with Gasteiger partial charge in [0.2, 0.25) is 5.88 Å². The molecule has 0 aliphatic rings. The highest BCUT2D eigenvalue weighted by atomic mass is 19.1. The van der Waals surface area contributed by atoms with Crippen LogP contribution in [-0.4, -0.2) is 17.1 Å². The average Bonchev–Trinajstić information content (AvgIpc) is 2.39. The van der Waals surface area contributed by atoms with E-state index in [0.29, 0.717) is 12.3 Å². The molecule has 0 saturated heterocycles. The van der Waals surface area contributed by atoms with Crippen molar-refractivity contribution in [3.63, 3.8) is 0 Å². The maximum atomic E-state index is 12.8. The van der Waals surface area contributed by atoms with Crippen LogP contribution in [0.4, 0.5) is 4.39 Å². The highest BCUT2D eigenvalue weighted by Crippen LogP contribution is 2.16. The minimum atomic E-state index is -0.269. The molecule has 0 spiro atoms. The van der Waals surface area contributed by atoms with Crippen LogP contribution < -0.4 is 10.5 Å². The Morgan fingerprint density at radius 1 is 1.28 bits per heavy atom. The summed E-state index contributed by atoms with van der Waals surface area (Å²) in [6, 6.07) is 7.66. The third-order valence-electron chi connectivity index (χ3n) is 2.63. The molecule has 0 amide bonds. The minimum absolute atomic E-state index is 0.231. The largest absolute Gasteiger partial charge is 0.481 e. The SMILES string of the molecule is COc1cc(CC(N)c2ccc(F)cc2)ncn1. The molecule has 1 aromatic carbocycles. The lowest BCUT2D eigenvalue weighted by molar-refractivity contribution is 0.395. The number of halogens is 1. The average molecular weight is 247 g/mol. The first-order chi connectivity index (χ1) is 8.69. The Hall–Kier alpha value is -2.01. The first kappa shape index (κ1) is 12.4. The van der Waals surface area contributed by atoms with Gasteiger partial charge in [-0.2, -0.15) is 0 Å². The summed E-state index contributed by atoms with van der Waals surface area (Å²) in [6.07, 6.45) is 1.98. The van der Waals surface area contributed by atoms with Gasteiger partial charge in [-0.3, -0.25) is 0 Å². The summed E-state index contributed by atoms with van der Waals surface area (Å²) >= 11 is 0. The molecule has 1 aromatic heterocycles. The van der Waals surface area contributed by atoms with Gasteiger partial charge in [-0.05, 0) is 17.7 Å². The van der Waals surface area contributed by atoms with E-state index in [-0.39, 0.29) is 11.9 Å². The van der Waals surface area contributed by atoms with Crippen LogP contribution >= 0.6 is 0 Å². The number of nitrogens with two attached hydrogens (primary N) is 1. The van der Waals surface area contributed by atoms with Gasteiger partial charge in [0.15, 0.2) is 0 Å². The van der Waals surface area contributed by atoms with Gasteiger partial charge in [0.25, 0.3) is 0 Å². The summed E-state index contributed by atoms with van der Waals surface area (Å²) in [7, 11) is 1.55. The van der Waals surface area contributed by atoms with Crippen LogP contribution in [0, 0.1) is 5.82 Å². The van der Waals surface area contributed by atoms with E-state index in [9.17, 15) is 4.39 Å². The molecule has 0 aliphatic heterocycles. The fourth-order valence-corrected chi connectivity index (χ4v) is 1.65. The van der Waals surface area contributed by atoms with Crippen molar-refractivity contribution in [3.8, 4) is 5.88 Å². The maximum Gasteiger partial charge on any atom is 0.216 e. The summed E-state index contributed by atoms with van der Waals surface area (Å²) in [6.45, 7) is 0. The van der Waals surface area contributed by atoms with Crippen molar-refractivity contribution >= 4 is 0 Å². The lowest BCUT2D eigenvalue weighted by Gasteiger charge is -2.11. The summed E-state index contributed by atoms with van der Waals surface area (Å²) in [5.74, 6) is 0.237. The molecular formula is C13H14FN3O. The van der Waals surface area contributed by atoms with Crippen LogP contribution in [-0.2, 0) is 6.42 Å². The Bertz CT molecular complexity index is 516. The summed E-state index contributed by atoms with van der Waals surface area (Å²) < 4.78 is 17.8. The summed E-state index contributed by atoms with van der Waals surface area (Å²) in [5, 5.41) is 0. The molecule has 1 atom stereocenters. The van der Waals surface area contributed by atoms with Crippen LogP contribution in [0.3, 0.4) is 0 Å². The minimum Gasteiger partial charge on any atom is -0.481 e. The van der Waals surface area contributed by atoms with Gasteiger partial charge in [-0.1, -0.05) is 12.1 Å². The van der Waals surface area contributed by atoms with Crippen LogP contribution in [0.25, 0.3) is 0 Å². The lowest BCUT2D eigenvalue weighted by Crippen LogP contribution is -2.14. The summed E-state index contributed by atoms with van der Waals surface area (Å²) in [4.78, 5) is 8.05. The van der Waals surface area contributed by atoms with Crippen molar-refractivity contribution in [1.29, 1.82) is 0 Å². The Labute approximate surface area is 105 Å². The Balaban J connectivity index is 2.10. The third-order valence-corrected chi connectivity index (χ3v) is 2.63. The van der Waals surface area contributed by atoms with E-state index in [0.717, 1.165) is 11.3 Å². The molecule has 0 saturated carbocycles. The van der Waals surface area contributed by atoms with Gasteiger partial charge in [-0.25, -0.2) is 14.4 Å². The quantitative estimate of drug-likeness (QED) is 0.895. The maximum absolute atomic E-state index is 12.8. The fraction of sp³-hybridized carbons (Fsp3) is 0.231. The number of rotatable bonds is 4. The van der Waals surface area contributed by atoms with E-state index in [1.165, 1.54) is 18.5 Å². The van der Waals surface area contributed by atoms with Gasteiger partial charge >= 0.3 is 0 Å². The molecule has 0 radical (unpaired) electrons. The molecule has 1 unspecified atom stereocenters. The number of hydrogen-bond acceptors (Lipinski definition) is 4. The topological polar surface area (TPSA) is 61.0 Å². The molecule has 2 rings (SSSR count). The van der Waals surface area contributed by atoms with E-state index in [4.69, 9.17) is 10.5 Å². The van der Waals surface area contributed by atoms with E-state index in [2.05, 4.69) is 9.97 Å². The van der Waals surface area contributed by atoms with Crippen LogP contribution in [0.15, 0.2) is 36.7 Å². The highest BCUT2D eigenvalue weighted by molar-refractivity contribution is 5.22. The van der Waals surface area contributed by atoms with Crippen LogP contribution in [0.5, 0.6) is 5.88 Å². The second-order valence-corrected chi connectivity index (χ2v) is 3.91. The van der Waals surface area contributed by atoms with Crippen molar-refractivity contribution in [2.75, 3.05) is 7.11 Å². The van der Waals surface area contributed by atoms with Crippen molar-refractivity contribution in [2.24, 2.45) is 5.73 Å². The Morgan fingerprint density at radius 2 is 2.00 bits per heavy atom. The number of ether oxygens (including phenoxy) is 1. The molecule has 2 aromatic rings. The standard InChI is InChI=1S/C13H14FN3O/c1-18-13-7-11(16-8-17-13)6-12(15)9-2-4-10(14)5-3-9/h2-5,7-8,12H,6,15H2,1H3. The van der Waals surface area contributed by atoms with Crippen molar-refractivity contribution in [3.05, 3.63) is 53.7 Å². The fourth-order valence-electron chi connectivity index (χ4n) is 1.65. The number of methoxy groups -OCH3 is 1. The number of aromatic nitrogens is 2. The monoisotopic (exact) mass is 247 g/mol. The molecular weight excluding hydrogens is 233 g/mol. The van der Waals surface area contributed by atoms with Gasteiger partial charge in [0.1, 0.15) is 12.1 Å². The zero-order valence-electron chi connectivity index (χ0n) is 10.0. The first-order valence-electron chi connectivity index (χ1n) is 5.55. The van der Waals surface area contributed by atoms with Crippen molar-refractivity contribution in [1.82, 2.24) is 9.97 Å². The van der Waals surface area contributed by atoms with Crippen molar-refractivity contribution in [2.45, 2.75) is 12.5 Å². The van der Waals surface area contributed by atoms with E-state index in [1.807, 2.05) is 0 Å². The van der Waals surface area contributed by atoms with E-state index < -0.39 is 0 Å². The van der Waals surface area contributed by atoms with Crippen molar-refractivity contribution < 1.29 is 9.13 Å². The lowest BCUT2D eigenvalue weighted by atomic mass is 10.0. The molecule has 0 fully saturated rings. The predicted octanol–water partition coefficient (Wildman–Crippen LogP) is 1.87. The Morgan fingerprint density at radius 3 is 2.67 bits per heavy atom. The molecule has 0 bridgehead atoms. The summed E-state index contributed by atoms with van der Waals surface area (Å²) in [5.41, 5.74) is 7.70.